The first-order valence-electron chi connectivity index (χ1n) is 9.32. The molecule has 0 spiro atoms. The van der Waals surface area contributed by atoms with Crippen molar-refractivity contribution in [2.75, 3.05) is 43.9 Å². The van der Waals surface area contributed by atoms with Crippen LogP contribution in [-0.2, 0) is 4.79 Å². The molecule has 2 heterocycles. The summed E-state index contributed by atoms with van der Waals surface area (Å²) in [6.45, 7) is 5.51. The van der Waals surface area contributed by atoms with E-state index in [-0.39, 0.29) is 18.0 Å². The molecule has 3 rings (SSSR count). The van der Waals surface area contributed by atoms with Crippen LogP contribution in [0.2, 0.25) is 0 Å². The molecule has 3 amide bonds. The van der Waals surface area contributed by atoms with Crippen molar-refractivity contribution in [2.45, 2.75) is 38.6 Å². The molecule has 2 N–H and O–H groups in total. The van der Waals surface area contributed by atoms with Crippen LogP contribution >= 0.6 is 0 Å². The molecule has 0 saturated carbocycles. The largest absolute Gasteiger partial charge is 0.494 e. The Morgan fingerprint density at radius 1 is 1.15 bits per heavy atom. The second-order valence-corrected chi connectivity index (χ2v) is 7.02. The summed E-state index contributed by atoms with van der Waals surface area (Å²) in [5.74, 6) is 0.356. The van der Waals surface area contributed by atoms with Gasteiger partial charge in [0.2, 0.25) is 5.91 Å². The third-order valence-electron chi connectivity index (χ3n) is 5.07. The highest BCUT2D eigenvalue weighted by Crippen LogP contribution is 2.29. The highest BCUT2D eigenvalue weighted by atomic mass is 16.5. The van der Waals surface area contributed by atoms with E-state index in [0.717, 1.165) is 39.0 Å². The summed E-state index contributed by atoms with van der Waals surface area (Å²) >= 11 is 0. The van der Waals surface area contributed by atoms with Crippen LogP contribution in [0.4, 0.5) is 16.2 Å². The average molecular weight is 360 g/mol. The summed E-state index contributed by atoms with van der Waals surface area (Å²) in [6.07, 6.45) is 4.64. The van der Waals surface area contributed by atoms with Crippen molar-refractivity contribution in [1.82, 2.24) is 9.80 Å². The summed E-state index contributed by atoms with van der Waals surface area (Å²) in [5, 5.41) is 5.68. The first-order chi connectivity index (χ1) is 12.6. The van der Waals surface area contributed by atoms with E-state index in [2.05, 4.69) is 15.5 Å². The summed E-state index contributed by atoms with van der Waals surface area (Å²) in [6, 6.07) is 5.46. The molecule has 1 aromatic carbocycles. The van der Waals surface area contributed by atoms with Gasteiger partial charge in [-0.05, 0) is 50.9 Å². The van der Waals surface area contributed by atoms with Crippen molar-refractivity contribution in [3.05, 3.63) is 18.2 Å². The number of methoxy groups -OCH3 is 1. The van der Waals surface area contributed by atoms with E-state index in [1.807, 2.05) is 4.90 Å². The second-order valence-electron chi connectivity index (χ2n) is 7.02. The first-order valence-corrected chi connectivity index (χ1v) is 9.32. The molecule has 0 aliphatic carbocycles. The summed E-state index contributed by atoms with van der Waals surface area (Å²) in [4.78, 5) is 28.4. The molecule has 142 valence electrons. The third kappa shape index (κ3) is 4.46. The van der Waals surface area contributed by atoms with Gasteiger partial charge in [0.05, 0.1) is 12.8 Å². The molecule has 0 bridgehead atoms. The van der Waals surface area contributed by atoms with E-state index in [1.165, 1.54) is 19.8 Å². The maximum absolute atomic E-state index is 12.7. The Morgan fingerprint density at radius 3 is 2.62 bits per heavy atom. The van der Waals surface area contributed by atoms with Crippen LogP contribution in [-0.4, -0.2) is 61.1 Å². The van der Waals surface area contributed by atoms with Gasteiger partial charge < -0.3 is 25.2 Å². The molecule has 26 heavy (non-hydrogen) atoms. The lowest BCUT2D eigenvalue weighted by Gasteiger charge is -2.28. The number of anilines is 2. The maximum atomic E-state index is 12.7. The quantitative estimate of drug-likeness (QED) is 0.847. The monoisotopic (exact) mass is 360 g/mol. The van der Waals surface area contributed by atoms with Gasteiger partial charge in [0.25, 0.3) is 0 Å². The molecule has 2 saturated heterocycles. The maximum Gasteiger partial charge on any atom is 0.322 e. The van der Waals surface area contributed by atoms with Crippen LogP contribution in [0.3, 0.4) is 0 Å². The number of hydrogen-bond acceptors (Lipinski definition) is 4. The number of amides is 3. The van der Waals surface area contributed by atoms with Gasteiger partial charge in [0.1, 0.15) is 5.75 Å². The lowest BCUT2D eigenvalue weighted by Crippen LogP contribution is -2.44. The van der Waals surface area contributed by atoms with E-state index in [9.17, 15) is 9.59 Å². The zero-order valence-electron chi connectivity index (χ0n) is 15.6. The number of urea groups is 1. The van der Waals surface area contributed by atoms with Gasteiger partial charge in [0.15, 0.2) is 0 Å². The fourth-order valence-corrected chi connectivity index (χ4v) is 3.81. The van der Waals surface area contributed by atoms with Crippen molar-refractivity contribution in [3.63, 3.8) is 0 Å². The zero-order chi connectivity index (χ0) is 18.5. The van der Waals surface area contributed by atoms with Crippen molar-refractivity contribution in [3.8, 4) is 5.75 Å². The Balaban J connectivity index is 1.63. The van der Waals surface area contributed by atoms with E-state index in [1.54, 1.807) is 25.3 Å². The zero-order valence-corrected chi connectivity index (χ0v) is 15.6. The van der Waals surface area contributed by atoms with E-state index in [4.69, 9.17) is 4.74 Å². The van der Waals surface area contributed by atoms with Crippen molar-refractivity contribution in [1.29, 1.82) is 0 Å². The lowest BCUT2D eigenvalue weighted by molar-refractivity contribution is -0.114. The van der Waals surface area contributed by atoms with Gasteiger partial charge in [-0.15, -0.1) is 0 Å². The predicted molar refractivity (Wildman–Crippen MR) is 102 cm³/mol. The molecule has 2 aliphatic rings. The van der Waals surface area contributed by atoms with Crippen LogP contribution in [0.25, 0.3) is 0 Å². The van der Waals surface area contributed by atoms with Crippen molar-refractivity contribution < 1.29 is 14.3 Å². The number of hydrogen-bond donors (Lipinski definition) is 2. The number of carbonyl (C=O) groups is 2. The number of nitrogens with zero attached hydrogens (tertiary/aromatic N) is 2. The highest BCUT2D eigenvalue weighted by molar-refractivity contribution is 5.93. The minimum absolute atomic E-state index is 0.0685. The van der Waals surface area contributed by atoms with E-state index < -0.39 is 0 Å². The molecule has 7 heteroatoms. The SMILES string of the molecule is COc1cc(NC(=O)N2CCCC2CN2CCCC2)ccc1NC(C)=O. The van der Waals surface area contributed by atoms with Crippen LogP contribution in [0.15, 0.2) is 18.2 Å². The summed E-state index contributed by atoms with van der Waals surface area (Å²) in [5.41, 5.74) is 1.25. The lowest BCUT2D eigenvalue weighted by atomic mass is 10.2. The average Bonchev–Trinajstić information content (AvgIpc) is 3.28. The number of likely N-dealkylation sites (tertiary alicyclic amines) is 2. The van der Waals surface area contributed by atoms with Crippen LogP contribution in [0.1, 0.15) is 32.6 Å². The molecule has 0 aromatic heterocycles. The number of carbonyl (C=O) groups excluding carboxylic acids is 2. The molecule has 1 unspecified atom stereocenters. The minimum atomic E-state index is -0.165. The van der Waals surface area contributed by atoms with Gasteiger partial charge in [0, 0.05) is 37.8 Å². The Labute approximate surface area is 154 Å². The van der Waals surface area contributed by atoms with Gasteiger partial charge in [-0.2, -0.15) is 0 Å². The van der Waals surface area contributed by atoms with Gasteiger partial charge >= 0.3 is 6.03 Å². The Bertz CT molecular complexity index is 658. The van der Waals surface area contributed by atoms with Gasteiger partial charge in [-0.25, -0.2) is 4.79 Å². The Kier molecular flexibility index (Phi) is 5.98. The molecular weight excluding hydrogens is 332 g/mol. The molecule has 2 aliphatic heterocycles. The number of ether oxygens (including phenoxy) is 1. The van der Waals surface area contributed by atoms with Gasteiger partial charge in [-0.1, -0.05) is 0 Å². The summed E-state index contributed by atoms with van der Waals surface area (Å²) < 4.78 is 5.32. The molecule has 1 aromatic rings. The molecule has 2 fully saturated rings. The van der Waals surface area contributed by atoms with E-state index in [0.29, 0.717) is 17.1 Å². The molecule has 0 radical (unpaired) electrons. The van der Waals surface area contributed by atoms with Crippen molar-refractivity contribution >= 4 is 23.3 Å². The topological polar surface area (TPSA) is 73.9 Å². The molecule has 7 nitrogen and oxygen atoms in total. The Hall–Kier alpha value is -2.28. The predicted octanol–water partition coefficient (Wildman–Crippen LogP) is 2.75. The first kappa shape index (κ1) is 18.5. The van der Waals surface area contributed by atoms with Crippen LogP contribution < -0.4 is 15.4 Å². The summed E-state index contributed by atoms with van der Waals surface area (Å²) in [7, 11) is 1.54. The van der Waals surface area contributed by atoms with Crippen LogP contribution in [0.5, 0.6) is 5.75 Å². The highest BCUT2D eigenvalue weighted by Gasteiger charge is 2.31. The number of nitrogens with one attached hydrogen (secondary N) is 2. The fraction of sp³-hybridized carbons (Fsp3) is 0.579. The standard InChI is InChI=1S/C19H28N4O3/c1-14(24)20-17-8-7-15(12-18(17)26-2)21-19(25)23-11-5-6-16(23)13-22-9-3-4-10-22/h7-8,12,16H,3-6,9-11,13H2,1-2H3,(H,20,24)(H,21,25). The Morgan fingerprint density at radius 2 is 1.92 bits per heavy atom. The fourth-order valence-electron chi connectivity index (χ4n) is 3.81. The molecular formula is C19H28N4O3. The normalized spacial score (nSPS) is 20.2. The number of rotatable bonds is 5. The third-order valence-corrected chi connectivity index (χ3v) is 5.07. The second kappa shape index (κ2) is 8.40. The smallest absolute Gasteiger partial charge is 0.322 e. The van der Waals surface area contributed by atoms with E-state index >= 15 is 0 Å². The minimum Gasteiger partial charge on any atom is -0.494 e. The van der Waals surface area contributed by atoms with Gasteiger partial charge in [-0.3, -0.25) is 4.79 Å². The van der Waals surface area contributed by atoms with Crippen LogP contribution in [0, 0.1) is 0 Å². The number of benzene rings is 1. The van der Waals surface area contributed by atoms with Crippen molar-refractivity contribution in [2.24, 2.45) is 0 Å². The molecule has 1 atom stereocenters.